The number of halogens is 3. The van der Waals surface area contributed by atoms with Crippen molar-refractivity contribution in [2.24, 2.45) is 4.40 Å². The molecule has 2 amide bonds. The topological polar surface area (TPSA) is 123 Å². The number of guanidine groups is 1. The molecule has 4 rings (SSSR count). The van der Waals surface area contributed by atoms with Gasteiger partial charge in [-0.1, -0.05) is 109 Å². The van der Waals surface area contributed by atoms with Crippen LogP contribution in [0.3, 0.4) is 0 Å². The van der Waals surface area contributed by atoms with E-state index in [1.165, 1.54) is 27.7 Å². The normalized spacial score (nSPS) is 12.1. The van der Waals surface area contributed by atoms with Crippen LogP contribution < -0.4 is 10.6 Å². The Kier molecular flexibility index (Phi) is 10.1. The number of sulfonamides is 1. The van der Waals surface area contributed by atoms with E-state index in [1.807, 2.05) is 60.7 Å². The zero-order chi connectivity index (χ0) is 34.5. The quantitative estimate of drug-likeness (QED) is 0.153. The molecule has 0 aliphatic rings. The van der Waals surface area contributed by atoms with Crippen molar-refractivity contribution in [2.45, 2.75) is 44.4 Å². The molecule has 0 fully saturated rings. The number of ether oxygens (including phenoxy) is 2. The van der Waals surface area contributed by atoms with Gasteiger partial charge in [-0.05, 0) is 61.1 Å². The van der Waals surface area contributed by atoms with Gasteiger partial charge in [0.25, 0.3) is 0 Å². The average molecular weight is 668 g/mol. The molecule has 0 aliphatic carbocycles. The fourth-order valence-electron chi connectivity index (χ4n) is 4.46. The SMILES string of the molecule is CC(C)(OC(=O)NC(=NS(=O)(=O)C(F)(F)F)NC(=O)OC(C)(C)c1ccc(-c2ccccc2)cc1)c1ccc(-c2ccccc2)cc1. The Balaban J connectivity index is 1.49. The Morgan fingerprint density at radius 2 is 0.894 bits per heavy atom. The Bertz CT molecular complexity index is 1730. The largest absolute Gasteiger partial charge is 0.518 e. The number of carbonyl (C=O) groups excluding carboxylic acids is 2. The smallest absolute Gasteiger partial charge is 0.438 e. The van der Waals surface area contributed by atoms with Crippen molar-refractivity contribution in [1.29, 1.82) is 0 Å². The summed E-state index contributed by atoms with van der Waals surface area (Å²) in [7, 11) is -6.19. The average Bonchev–Trinajstić information content (AvgIpc) is 3.00. The molecule has 0 saturated carbocycles. The van der Waals surface area contributed by atoms with Crippen LogP contribution in [0.2, 0.25) is 0 Å². The van der Waals surface area contributed by atoms with Gasteiger partial charge < -0.3 is 9.47 Å². The van der Waals surface area contributed by atoms with Crippen molar-refractivity contribution >= 4 is 28.2 Å². The van der Waals surface area contributed by atoms with Crippen LogP contribution in [0.5, 0.6) is 0 Å². The standard InChI is InChI=1S/C34H32F3N3O6S/c1-32(2,27-19-15-25(16-20-27)23-11-7-5-8-12-23)45-30(41)38-29(40-47(43,44)34(35,36)37)39-31(42)46-33(3,4)28-21-17-26(18-22-28)24-13-9-6-10-14-24/h5-22H,1-4H3,(H2,38,39,40,41,42). The maximum absolute atomic E-state index is 13.2. The van der Waals surface area contributed by atoms with E-state index >= 15 is 0 Å². The number of hydrogen-bond acceptors (Lipinski definition) is 6. The Hall–Kier alpha value is -5.17. The van der Waals surface area contributed by atoms with E-state index in [9.17, 15) is 31.2 Å². The predicted molar refractivity (Wildman–Crippen MR) is 171 cm³/mol. The highest BCUT2D eigenvalue weighted by atomic mass is 32.2. The molecule has 0 spiro atoms. The van der Waals surface area contributed by atoms with Gasteiger partial charge in [0.05, 0.1) is 0 Å². The van der Waals surface area contributed by atoms with Crippen molar-refractivity contribution in [3.63, 3.8) is 0 Å². The molecule has 0 saturated heterocycles. The molecule has 4 aromatic rings. The van der Waals surface area contributed by atoms with E-state index in [2.05, 4.69) is 4.40 Å². The van der Waals surface area contributed by atoms with Crippen LogP contribution >= 0.6 is 0 Å². The molecular weight excluding hydrogens is 635 g/mol. The lowest BCUT2D eigenvalue weighted by Gasteiger charge is -2.27. The summed E-state index contributed by atoms with van der Waals surface area (Å²) in [6.45, 7) is 6.06. The van der Waals surface area contributed by atoms with Crippen LogP contribution in [0, 0.1) is 0 Å². The second-order valence-electron chi connectivity index (χ2n) is 11.3. The molecule has 0 bridgehead atoms. The summed E-state index contributed by atoms with van der Waals surface area (Å²) < 4.78 is 76.6. The van der Waals surface area contributed by atoms with Gasteiger partial charge in [0.15, 0.2) is 0 Å². The molecule has 4 aromatic carbocycles. The van der Waals surface area contributed by atoms with E-state index in [0.717, 1.165) is 22.3 Å². The van der Waals surface area contributed by atoms with E-state index in [1.54, 1.807) is 59.2 Å². The lowest BCUT2D eigenvalue weighted by molar-refractivity contribution is -0.0435. The minimum absolute atomic E-state index is 0.515. The number of hydrogen-bond donors (Lipinski definition) is 2. The Morgan fingerprint density at radius 3 is 1.21 bits per heavy atom. The molecule has 47 heavy (non-hydrogen) atoms. The molecule has 0 atom stereocenters. The van der Waals surface area contributed by atoms with E-state index in [-0.39, 0.29) is 0 Å². The molecule has 0 aromatic heterocycles. The highest BCUT2D eigenvalue weighted by molar-refractivity contribution is 7.91. The number of alkyl carbamates (subject to hydrolysis) is 2. The highest BCUT2D eigenvalue weighted by Crippen LogP contribution is 2.30. The summed E-state index contributed by atoms with van der Waals surface area (Å²) in [5.74, 6) is -1.37. The minimum Gasteiger partial charge on any atom is -0.438 e. The van der Waals surface area contributed by atoms with Crippen LogP contribution in [0.25, 0.3) is 22.3 Å². The number of alkyl halides is 3. The second-order valence-corrected chi connectivity index (χ2v) is 12.9. The van der Waals surface area contributed by atoms with Crippen LogP contribution in [-0.2, 0) is 30.7 Å². The highest BCUT2D eigenvalue weighted by Gasteiger charge is 2.47. The summed E-state index contributed by atoms with van der Waals surface area (Å²) in [5.41, 5.74) is -3.81. The van der Waals surface area contributed by atoms with Gasteiger partial charge >= 0.3 is 27.7 Å². The molecule has 9 nitrogen and oxygen atoms in total. The fourth-order valence-corrected chi connectivity index (χ4v) is 4.90. The van der Waals surface area contributed by atoms with E-state index in [4.69, 9.17) is 9.47 Å². The first-order chi connectivity index (χ1) is 22.0. The van der Waals surface area contributed by atoms with Crippen molar-refractivity contribution in [3.8, 4) is 22.3 Å². The predicted octanol–water partition coefficient (Wildman–Crippen LogP) is 7.85. The van der Waals surface area contributed by atoms with Gasteiger partial charge in [-0.3, -0.25) is 10.6 Å². The van der Waals surface area contributed by atoms with Crippen molar-refractivity contribution in [1.82, 2.24) is 10.6 Å². The maximum atomic E-state index is 13.2. The summed E-state index contributed by atoms with van der Waals surface area (Å²) in [6, 6.07) is 32.9. The number of amides is 2. The monoisotopic (exact) mass is 667 g/mol. The number of benzene rings is 4. The van der Waals surface area contributed by atoms with Crippen LogP contribution in [-0.4, -0.2) is 32.1 Å². The van der Waals surface area contributed by atoms with Gasteiger partial charge in [-0.15, -0.1) is 4.40 Å². The van der Waals surface area contributed by atoms with Gasteiger partial charge in [0, 0.05) is 0 Å². The number of nitrogens with one attached hydrogen (secondary N) is 2. The van der Waals surface area contributed by atoms with Crippen molar-refractivity contribution in [2.75, 3.05) is 0 Å². The molecule has 2 N–H and O–H groups in total. The molecule has 0 unspecified atom stereocenters. The van der Waals surface area contributed by atoms with Crippen LogP contribution in [0.4, 0.5) is 22.8 Å². The number of rotatable bonds is 7. The molecule has 246 valence electrons. The van der Waals surface area contributed by atoms with Gasteiger partial charge in [-0.2, -0.15) is 21.6 Å². The molecule has 13 heteroatoms. The zero-order valence-corrected chi connectivity index (χ0v) is 26.6. The van der Waals surface area contributed by atoms with E-state index < -0.39 is 44.9 Å². The summed E-state index contributed by atoms with van der Waals surface area (Å²) in [4.78, 5) is 25.6. The Morgan fingerprint density at radius 1 is 0.574 bits per heavy atom. The number of nitrogens with zero attached hydrogens (tertiary/aromatic N) is 1. The third kappa shape index (κ3) is 8.97. The first-order valence-electron chi connectivity index (χ1n) is 14.2. The molecule has 0 aliphatic heterocycles. The van der Waals surface area contributed by atoms with Crippen LogP contribution in [0.1, 0.15) is 38.8 Å². The third-order valence-corrected chi connectivity index (χ3v) is 8.02. The minimum atomic E-state index is -6.19. The van der Waals surface area contributed by atoms with Gasteiger partial charge in [0.1, 0.15) is 11.2 Å². The Labute approximate surface area is 270 Å². The van der Waals surface area contributed by atoms with Gasteiger partial charge in [0.2, 0.25) is 5.96 Å². The first-order valence-corrected chi connectivity index (χ1v) is 15.6. The fraction of sp³-hybridized carbons (Fsp3) is 0.206. The second kappa shape index (κ2) is 13.7. The van der Waals surface area contributed by atoms with Crippen LogP contribution in [0.15, 0.2) is 114 Å². The third-order valence-electron chi connectivity index (χ3n) is 7.02. The van der Waals surface area contributed by atoms with Crippen molar-refractivity contribution in [3.05, 3.63) is 120 Å². The number of carbonyl (C=O) groups is 2. The molecule has 0 heterocycles. The lowest BCUT2D eigenvalue weighted by atomic mass is 9.95. The maximum Gasteiger partial charge on any atom is 0.518 e. The van der Waals surface area contributed by atoms with Crippen molar-refractivity contribution < 1.29 is 40.7 Å². The van der Waals surface area contributed by atoms with Gasteiger partial charge in [-0.25, -0.2) is 9.59 Å². The van der Waals surface area contributed by atoms with E-state index in [0.29, 0.717) is 11.1 Å². The summed E-state index contributed by atoms with van der Waals surface area (Å²) in [5, 5.41) is 3.58. The summed E-state index contributed by atoms with van der Waals surface area (Å²) >= 11 is 0. The lowest BCUT2D eigenvalue weighted by Crippen LogP contribution is -2.48. The molecular formula is C34H32F3N3O6S. The summed E-state index contributed by atoms with van der Waals surface area (Å²) in [6.07, 6.45) is -2.79. The first kappa shape index (κ1) is 34.7. The molecule has 0 radical (unpaired) electrons. The zero-order valence-electron chi connectivity index (χ0n) is 25.8.